The molecule has 4 aromatic heterocycles. The van der Waals surface area contributed by atoms with Crippen LogP contribution in [-0.4, -0.2) is 69.3 Å². The number of anilines is 2. The van der Waals surface area contributed by atoms with Crippen LogP contribution in [0.4, 0.5) is 20.5 Å². The molecule has 1 aliphatic carbocycles. The van der Waals surface area contributed by atoms with E-state index in [1.165, 1.54) is 49.7 Å². The summed E-state index contributed by atoms with van der Waals surface area (Å²) in [4.78, 5) is 73.4. The largest absolute Gasteiger partial charge is 0.340 e. The minimum Gasteiger partial charge on any atom is -0.340 e. The summed E-state index contributed by atoms with van der Waals surface area (Å²) in [6.07, 6.45) is 7.10. The minimum absolute atomic E-state index is 0.00732. The highest BCUT2D eigenvalue weighted by molar-refractivity contribution is 5.93. The molecule has 4 aromatic rings. The molecule has 1 amide bonds. The van der Waals surface area contributed by atoms with Crippen LogP contribution in [0.2, 0.25) is 0 Å². The molecular formula is C25H24F2N10O4. The number of alkyl halides is 2. The first kappa shape index (κ1) is 26.3. The number of hydrogen-bond donors (Lipinski definition) is 1. The summed E-state index contributed by atoms with van der Waals surface area (Å²) in [6, 6.07) is -0.955. The molecular weight excluding hydrogens is 542 g/mol. The second-order valence-corrected chi connectivity index (χ2v) is 10.3. The second kappa shape index (κ2) is 9.35. The lowest BCUT2D eigenvalue weighted by Crippen LogP contribution is -2.41. The van der Waals surface area contributed by atoms with Crippen molar-refractivity contribution >= 4 is 34.6 Å². The van der Waals surface area contributed by atoms with E-state index in [9.17, 15) is 28.0 Å². The first-order valence-corrected chi connectivity index (χ1v) is 12.7. The first-order valence-electron chi connectivity index (χ1n) is 12.7. The number of imidazole rings is 1. The number of piperidine rings is 1. The molecule has 16 heteroatoms. The molecule has 41 heavy (non-hydrogen) atoms. The van der Waals surface area contributed by atoms with Crippen LogP contribution >= 0.6 is 0 Å². The third kappa shape index (κ3) is 4.35. The van der Waals surface area contributed by atoms with E-state index in [1.54, 1.807) is 11.8 Å². The van der Waals surface area contributed by atoms with E-state index < -0.39 is 47.5 Å². The number of aromatic nitrogens is 8. The summed E-state index contributed by atoms with van der Waals surface area (Å²) >= 11 is 0. The number of carbonyl (C=O) groups is 2. The first-order chi connectivity index (χ1) is 19.5. The van der Waals surface area contributed by atoms with Gasteiger partial charge in [-0.2, -0.15) is 0 Å². The van der Waals surface area contributed by atoms with Gasteiger partial charge in [-0.15, -0.1) is 0 Å². The number of aryl methyl sites for hydroxylation is 1. The maximum absolute atomic E-state index is 13.5. The van der Waals surface area contributed by atoms with Gasteiger partial charge in [0.15, 0.2) is 17.0 Å². The predicted octanol–water partition coefficient (Wildman–Crippen LogP) is 0.634. The zero-order valence-electron chi connectivity index (χ0n) is 22.2. The Morgan fingerprint density at radius 1 is 1.10 bits per heavy atom. The number of rotatable bonds is 7. The molecule has 6 rings (SSSR count). The molecule has 1 N–H and O–H groups in total. The van der Waals surface area contributed by atoms with Crippen molar-refractivity contribution < 1.29 is 18.4 Å². The summed E-state index contributed by atoms with van der Waals surface area (Å²) in [6.45, 7) is 2.82. The van der Waals surface area contributed by atoms with E-state index in [-0.39, 0.29) is 35.9 Å². The average molecular weight is 567 g/mol. The van der Waals surface area contributed by atoms with Crippen molar-refractivity contribution in [2.24, 2.45) is 18.9 Å². The predicted molar refractivity (Wildman–Crippen MR) is 140 cm³/mol. The molecule has 5 heterocycles. The summed E-state index contributed by atoms with van der Waals surface area (Å²) in [7, 11) is 1.42. The fraction of sp³-hybridized carbons (Fsp3) is 0.400. The van der Waals surface area contributed by atoms with Crippen LogP contribution in [0.15, 0.2) is 40.7 Å². The maximum atomic E-state index is 13.5. The highest BCUT2D eigenvalue weighted by Gasteiger charge is 2.72. The van der Waals surface area contributed by atoms with E-state index in [2.05, 4.69) is 30.2 Å². The molecule has 1 aliphatic heterocycles. The summed E-state index contributed by atoms with van der Waals surface area (Å²) in [5.41, 5.74) is -0.486. The van der Waals surface area contributed by atoms with Crippen LogP contribution in [0.5, 0.6) is 0 Å². The summed E-state index contributed by atoms with van der Waals surface area (Å²) in [5, 5.41) is 2.66. The number of hydrogen-bond acceptors (Lipinski definition) is 10. The lowest BCUT2D eigenvalue weighted by Gasteiger charge is -2.19. The van der Waals surface area contributed by atoms with Crippen LogP contribution in [0, 0.1) is 11.8 Å². The van der Waals surface area contributed by atoms with Gasteiger partial charge in [-0.25, -0.2) is 33.5 Å². The maximum Gasteiger partial charge on any atom is 0.332 e. The molecule has 1 saturated heterocycles. The minimum atomic E-state index is -2.59. The number of amides is 1. The lowest BCUT2D eigenvalue weighted by molar-refractivity contribution is -0.119. The summed E-state index contributed by atoms with van der Waals surface area (Å²) < 4.78 is 30.3. The van der Waals surface area contributed by atoms with Gasteiger partial charge in [0, 0.05) is 38.1 Å². The van der Waals surface area contributed by atoms with Gasteiger partial charge in [0.2, 0.25) is 11.9 Å². The van der Waals surface area contributed by atoms with Crippen LogP contribution in [0.3, 0.4) is 0 Å². The monoisotopic (exact) mass is 566 g/mol. The Morgan fingerprint density at radius 3 is 2.44 bits per heavy atom. The lowest BCUT2D eigenvalue weighted by atomic mass is 10.2. The SMILES string of the molecule is CC(=O)Cn1c(=O)c2c(ncn2C(C)C(=O)Nc2cncc(-c3cnc(N4CC5C(C4)C5(F)F)nc3)n2)n(C)c1=O. The molecule has 14 nitrogen and oxygen atoms in total. The Balaban J connectivity index is 1.20. The van der Waals surface area contributed by atoms with Gasteiger partial charge < -0.3 is 14.8 Å². The molecule has 2 aliphatic rings. The van der Waals surface area contributed by atoms with Crippen LogP contribution in [-0.2, 0) is 23.2 Å². The highest BCUT2D eigenvalue weighted by Crippen LogP contribution is 2.59. The molecule has 212 valence electrons. The molecule has 0 bridgehead atoms. The number of fused-ring (bicyclic) bond motifs is 2. The van der Waals surface area contributed by atoms with Crippen LogP contribution in [0.25, 0.3) is 22.4 Å². The van der Waals surface area contributed by atoms with Gasteiger partial charge in [0.25, 0.3) is 11.5 Å². The molecule has 0 radical (unpaired) electrons. The molecule has 2 fully saturated rings. The Morgan fingerprint density at radius 2 is 1.78 bits per heavy atom. The van der Waals surface area contributed by atoms with Crippen molar-refractivity contribution in [3.8, 4) is 11.3 Å². The molecule has 1 saturated carbocycles. The van der Waals surface area contributed by atoms with Crippen molar-refractivity contribution in [2.75, 3.05) is 23.3 Å². The van der Waals surface area contributed by atoms with Crippen LogP contribution in [0.1, 0.15) is 19.9 Å². The highest BCUT2D eigenvalue weighted by atomic mass is 19.3. The Bertz CT molecular complexity index is 1820. The smallest absolute Gasteiger partial charge is 0.332 e. The Hall–Kier alpha value is -4.89. The zero-order valence-corrected chi connectivity index (χ0v) is 22.2. The van der Waals surface area contributed by atoms with Gasteiger partial charge >= 0.3 is 5.69 Å². The zero-order chi connectivity index (χ0) is 29.2. The van der Waals surface area contributed by atoms with E-state index in [0.717, 1.165) is 9.13 Å². The normalized spacial score (nSPS) is 19.7. The van der Waals surface area contributed by atoms with Gasteiger partial charge in [-0.3, -0.25) is 28.5 Å². The fourth-order valence-electron chi connectivity index (χ4n) is 5.16. The van der Waals surface area contributed by atoms with Crippen molar-refractivity contribution in [3.63, 3.8) is 0 Å². The Kier molecular flexibility index (Phi) is 6.00. The molecule has 0 spiro atoms. The number of nitrogens with zero attached hydrogens (tertiary/aromatic N) is 9. The van der Waals surface area contributed by atoms with Crippen molar-refractivity contribution in [1.82, 2.24) is 38.6 Å². The van der Waals surface area contributed by atoms with Gasteiger partial charge in [-0.05, 0) is 13.8 Å². The number of ketones is 1. The quantitative estimate of drug-likeness (QED) is 0.336. The number of nitrogens with one attached hydrogen (secondary N) is 1. The number of Topliss-reactive ketones (excluding diaryl/α,β-unsaturated/α-hetero) is 1. The molecule has 3 unspecified atom stereocenters. The van der Waals surface area contributed by atoms with Gasteiger partial charge in [0.1, 0.15) is 11.8 Å². The second-order valence-electron chi connectivity index (χ2n) is 10.3. The van der Waals surface area contributed by atoms with Gasteiger partial charge in [0.05, 0.1) is 42.8 Å². The third-order valence-electron chi connectivity index (χ3n) is 7.54. The van der Waals surface area contributed by atoms with Gasteiger partial charge in [-0.1, -0.05) is 0 Å². The van der Waals surface area contributed by atoms with E-state index in [1.807, 2.05) is 0 Å². The average Bonchev–Trinajstić information content (AvgIpc) is 3.38. The molecule has 3 atom stereocenters. The topological polar surface area (TPSA) is 163 Å². The van der Waals surface area contributed by atoms with E-state index in [4.69, 9.17) is 0 Å². The van der Waals surface area contributed by atoms with Crippen LogP contribution < -0.4 is 21.5 Å². The standard InChI is InChI=1S/C25H24F2N10O4/c1-12(38)8-36-22(40)19-20(34(3)24(36)41)31-11-37(19)13(2)21(39)33-18-7-28-6-17(32-18)14-4-29-23(30-5-14)35-9-15-16(10-35)25(15,26)27/h4-7,11,13,15-16H,8-10H2,1-3H3,(H,32,33,39). The van der Waals surface area contributed by atoms with Crippen molar-refractivity contribution in [2.45, 2.75) is 32.4 Å². The number of halogens is 2. The van der Waals surface area contributed by atoms with Crippen molar-refractivity contribution in [3.05, 3.63) is 52.0 Å². The van der Waals surface area contributed by atoms with E-state index >= 15 is 0 Å². The van der Waals surface area contributed by atoms with Crippen molar-refractivity contribution in [1.29, 1.82) is 0 Å². The third-order valence-corrected chi connectivity index (χ3v) is 7.54. The summed E-state index contributed by atoms with van der Waals surface area (Å²) in [5.74, 6) is -4.33. The number of carbonyl (C=O) groups excluding carboxylic acids is 2. The molecule has 0 aromatic carbocycles. The fourth-order valence-corrected chi connectivity index (χ4v) is 5.16. The van der Waals surface area contributed by atoms with E-state index in [0.29, 0.717) is 17.2 Å². The Labute approximate surface area is 229 Å².